The first-order chi connectivity index (χ1) is 14.1. The highest BCUT2D eigenvalue weighted by Crippen LogP contribution is 2.18. The highest BCUT2D eigenvalue weighted by molar-refractivity contribution is 8.05. The minimum absolute atomic E-state index is 0.0237. The first-order valence-corrected chi connectivity index (χ1v) is 9.95. The summed E-state index contributed by atoms with van der Waals surface area (Å²) in [5.74, 6) is -4.39. The predicted octanol–water partition coefficient (Wildman–Crippen LogP) is 2.71. The number of carbonyl (C=O) groups excluding carboxylic acids is 3. The van der Waals surface area contributed by atoms with Crippen molar-refractivity contribution in [2.45, 2.75) is 32.5 Å². The third-order valence-electron chi connectivity index (χ3n) is 3.45. The number of halogens is 1. The minimum Gasteiger partial charge on any atom is -0.478 e. The number of thioether (sulfide) groups is 1. The molecular weight excluding hydrogens is 434 g/mol. The van der Waals surface area contributed by atoms with Gasteiger partial charge in [0.15, 0.2) is 0 Å². The molecule has 0 radical (unpaired) electrons. The highest BCUT2D eigenvalue weighted by Gasteiger charge is 2.39. The van der Waals surface area contributed by atoms with Gasteiger partial charge in [-0.15, -0.1) is 11.8 Å². The monoisotopic (exact) mass is 455 g/mol. The van der Waals surface area contributed by atoms with E-state index < -0.39 is 36.0 Å². The fourth-order valence-corrected chi connectivity index (χ4v) is 2.92. The molecule has 30 heavy (non-hydrogen) atoms. The molecule has 1 rings (SSSR count). The number of allylic oxidation sites excluding steroid dienone is 1. The summed E-state index contributed by atoms with van der Waals surface area (Å²) < 4.78 is 9.36. The number of nitrogens with one attached hydrogen (secondary N) is 1. The van der Waals surface area contributed by atoms with Crippen molar-refractivity contribution in [3.8, 4) is 0 Å². The van der Waals surface area contributed by atoms with Crippen LogP contribution in [-0.2, 0) is 35.1 Å². The molecule has 8 nitrogen and oxygen atoms in total. The summed E-state index contributed by atoms with van der Waals surface area (Å²) in [5, 5.41) is 14.1. The Labute approximate surface area is 183 Å². The fraction of sp³-hybridized carbons (Fsp3) is 0.300. The van der Waals surface area contributed by atoms with Crippen LogP contribution in [0.5, 0.6) is 0 Å². The Morgan fingerprint density at radius 1 is 1.17 bits per heavy atom. The molecule has 0 aliphatic rings. The molecule has 1 aromatic rings. The summed E-state index contributed by atoms with van der Waals surface area (Å²) in [6.07, 6.45) is -1.31. The van der Waals surface area contributed by atoms with Crippen LogP contribution < -0.4 is 5.32 Å². The van der Waals surface area contributed by atoms with Crippen LogP contribution in [0.1, 0.15) is 19.4 Å². The molecule has 0 unspecified atom stereocenters. The van der Waals surface area contributed by atoms with Gasteiger partial charge in [0.1, 0.15) is 0 Å². The molecule has 0 saturated carbocycles. The van der Waals surface area contributed by atoms with Gasteiger partial charge in [-0.3, -0.25) is 14.4 Å². The van der Waals surface area contributed by atoms with E-state index in [2.05, 4.69) is 16.6 Å². The number of carboxylic acids is 1. The molecule has 0 bridgehead atoms. The lowest BCUT2D eigenvalue weighted by molar-refractivity contribution is -0.180. The number of amides is 1. The van der Waals surface area contributed by atoms with Gasteiger partial charge in [0.25, 0.3) is 5.91 Å². The number of hydrogen-bond donors (Lipinski definition) is 2. The number of ether oxygens (including phenoxy) is 2. The van der Waals surface area contributed by atoms with Crippen LogP contribution in [0.15, 0.2) is 47.2 Å². The molecule has 0 saturated heterocycles. The summed E-state index contributed by atoms with van der Waals surface area (Å²) >= 11 is 7.33. The standard InChI is InChI=1S/C20H22ClNO7S/c1-12(30-10-6-8-15-7-4-5-9-16(15)21)11-22-19(25)17(28-13(2)23)18(20(26)27)29-14(3)24/h4-7,9-10,17-18H,1,8,11H2,2-3H3,(H,22,25)(H,26,27)/b10-6+/t17-,18-/m1/s1. The molecule has 2 N–H and O–H groups in total. The van der Waals surface area contributed by atoms with Crippen molar-refractivity contribution < 1.29 is 33.8 Å². The van der Waals surface area contributed by atoms with Gasteiger partial charge in [0, 0.05) is 30.3 Å². The Hall–Kier alpha value is -2.78. The van der Waals surface area contributed by atoms with Gasteiger partial charge in [-0.25, -0.2) is 4.79 Å². The average Bonchev–Trinajstić information content (AvgIpc) is 2.66. The van der Waals surface area contributed by atoms with Crippen LogP contribution in [0, 0.1) is 0 Å². The number of hydrogen-bond acceptors (Lipinski definition) is 7. The molecule has 2 atom stereocenters. The summed E-state index contributed by atoms with van der Waals surface area (Å²) in [5.41, 5.74) is 0.962. The molecule has 0 spiro atoms. The average molecular weight is 456 g/mol. The first kappa shape index (κ1) is 25.3. The summed E-state index contributed by atoms with van der Waals surface area (Å²) in [4.78, 5) is 46.6. The number of carboxylic acid groups (broad SMARTS) is 1. The fourth-order valence-electron chi connectivity index (χ4n) is 2.16. The Kier molecular flexibility index (Phi) is 10.7. The molecule has 0 aliphatic heterocycles. The Morgan fingerprint density at radius 2 is 1.77 bits per heavy atom. The summed E-state index contributed by atoms with van der Waals surface area (Å²) in [7, 11) is 0. The predicted molar refractivity (Wildman–Crippen MR) is 113 cm³/mol. The maximum atomic E-state index is 12.3. The lowest BCUT2D eigenvalue weighted by Gasteiger charge is -2.22. The van der Waals surface area contributed by atoms with Crippen molar-refractivity contribution in [1.82, 2.24) is 5.32 Å². The number of rotatable bonds is 11. The van der Waals surface area contributed by atoms with Gasteiger partial charge < -0.3 is 19.9 Å². The zero-order chi connectivity index (χ0) is 22.7. The number of esters is 2. The van der Waals surface area contributed by atoms with E-state index in [9.17, 15) is 24.3 Å². The molecule has 162 valence electrons. The SMILES string of the molecule is C=C(CNC(=O)[C@H](OC(C)=O)[C@@H](OC(C)=O)C(=O)O)S/C=C/Cc1ccccc1Cl. The van der Waals surface area contributed by atoms with Crippen molar-refractivity contribution >= 4 is 47.2 Å². The number of aliphatic carboxylic acids is 1. The van der Waals surface area contributed by atoms with E-state index in [1.165, 1.54) is 11.8 Å². The van der Waals surface area contributed by atoms with Crippen LogP contribution >= 0.6 is 23.4 Å². The van der Waals surface area contributed by atoms with Crippen LogP contribution in [0.2, 0.25) is 5.02 Å². The largest absolute Gasteiger partial charge is 0.478 e. The third kappa shape index (κ3) is 9.15. The molecule has 0 fully saturated rings. The van der Waals surface area contributed by atoms with Crippen LogP contribution in [0.25, 0.3) is 0 Å². The first-order valence-electron chi connectivity index (χ1n) is 8.69. The maximum absolute atomic E-state index is 12.3. The smallest absolute Gasteiger partial charge is 0.349 e. The van der Waals surface area contributed by atoms with Gasteiger partial charge in [-0.1, -0.05) is 42.5 Å². The van der Waals surface area contributed by atoms with E-state index in [1.807, 2.05) is 24.3 Å². The second-order valence-corrected chi connectivity index (χ2v) is 7.43. The van der Waals surface area contributed by atoms with E-state index >= 15 is 0 Å². The molecule has 10 heteroatoms. The Balaban J connectivity index is 2.62. The lowest BCUT2D eigenvalue weighted by Crippen LogP contribution is -2.50. The van der Waals surface area contributed by atoms with Gasteiger partial charge in [0.2, 0.25) is 12.2 Å². The summed E-state index contributed by atoms with van der Waals surface area (Å²) in [6.45, 7) is 5.76. The zero-order valence-corrected chi connectivity index (χ0v) is 18.0. The quantitative estimate of drug-likeness (QED) is 0.489. The second-order valence-electron chi connectivity index (χ2n) is 5.94. The van der Waals surface area contributed by atoms with Gasteiger partial charge in [0.05, 0.1) is 0 Å². The van der Waals surface area contributed by atoms with Gasteiger partial charge in [-0.2, -0.15) is 0 Å². The van der Waals surface area contributed by atoms with E-state index in [0.29, 0.717) is 16.3 Å². The molecular formula is C20H22ClNO7S. The zero-order valence-electron chi connectivity index (χ0n) is 16.4. The maximum Gasteiger partial charge on any atom is 0.349 e. The van der Waals surface area contributed by atoms with E-state index in [-0.39, 0.29) is 6.54 Å². The van der Waals surface area contributed by atoms with Crippen molar-refractivity contribution in [2.75, 3.05) is 6.54 Å². The van der Waals surface area contributed by atoms with Crippen molar-refractivity contribution in [3.63, 3.8) is 0 Å². The molecule has 0 aromatic heterocycles. The summed E-state index contributed by atoms with van der Waals surface area (Å²) in [6, 6.07) is 7.43. The lowest BCUT2D eigenvalue weighted by atomic mass is 10.1. The Morgan fingerprint density at radius 3 is 2.33 bits per heavy atom. The topological polar surface area (TPSA) is 119 Å². The van der Waals surface area contributed by atoms with Crippen molar-refractivity contribution in [1.29, 1.82) is 0 Å². The molecule has 0 aliphatic carbocycles. The van der Waals surface area contributed by atoms with Crippen molar-refractivity contribution in [3.05, 3.63) is 57.8 Å². The normalized spacial score (nSPS) is 12.6. The minimum atomic E-state index is -1.97. The van der Waals surface area contributed by atoms with Crippen LogP contribution in [0.4, 0.5) is 0 Å². The van der Waals surface area contributed by atoms with E-state index in [0.717, 1.165) is 19.4 Å². The van der Waals surface area contributed by atoms with E-state index in [4.69, 9.17) is 16.3 Å². The van der Waals surface area contributed by atoms with Gasteiger partial charge >= 0.3 is 17.9 Å². The highest BCUT2D eigenvalue weighted by atomic mass is 35.5. The van der Waals surface area contributed by atoms with Gasteiger partial charge in [-0.05, 0) is 23.5 Å². The van der Waals surface area contributed by atoms with E-state index in [1.54, 1.807) is 11.5 Å². The van der Waals surface area contributed by atoms with Crippen LogP contribution in [0.3, 0.4) is 0 Å². The molecule has 1 amide bonds. The molecule has 1 aromatic carbocycles. The number of carbonyl (C=O) groups is 4. The second kappa shape index (κ2) is 12.7. The van der Waals surface area contributed by atoms with Crippen molar-refractivity contribution in [2.24, 2.45) is 0 Å². The Bertz CT molecular complexity index is 840. The van der Waals surface area contributed by atoms with Crippen LogP contribution in [-0.4, -0.2) is 47.7 Å². The third-order valence-corrected chi connectivity index (χ3v) is 4.62. The number of benzene rings is 1. The molecule has 0 heterocycles.